The molecule has 13 heavy (non-hydrogen) atoms. The lowest BCUT2D eigenvalue weighted by molar-refractivity contribution is 0.195. The van der Waals surface area contributed by atoms with Crippen LogP contribution in [0.2, 0.25) is 0 Å². The molecule has 0 radical (unpaired) electrons. The van der Waals surface area contributed by atoms with Crippen LogP contribution < -0.4 is 0 Å². The van der Waals surface area contributed by atoms with Gasteiger partial charge in [-0.3, -0.25) is 0 Å². The summed E-state index contributed by atoms with van der Waals surface area (Å²) in [6.45, 7) is 3.79. The van der Waals surface area contributed by atoms with Gasteiger partial charge in [0.05, 0.1) is 6.10 Å². The van der Waals surface area contributed by atoms with Gasteiger partial charge in [-0.15, -0.1) is 6.42 Å². The summed E-state index contributed by atoms with van der Waals surface area (Å²) in [6.07, 6.45) is 5.63. The second-order valence-corrected chi connectivity index (χ2v) is 3.36. The number of benzene rings is 1. The Morgan fingerprint density at radius 2 is 2.23 bits per heavy atom. The van der Waals surface area contributed by atoms with E-state index in [4.69, 9.17) is 6.42 Å². The van der Waals surface area contributed by atoms with Gasteiger partial charge in [0.2, 0.25) is 0 Å². The molecule has 0 aliphatic heterocycles. The number of aliphatic hydroxyl groups excluding tert-OH is 1. The Hall–Kier alpha value is -1.26. The van der Waals surface area contributed by atoms with E-state index >= 15 is 0 Å². The summed E-state index contributed by atoms with van der Waals surface area (Å²) >= 11 is 0. The van der Waals surface area contributed by atoms with Crippen LogP contribution in [-0.2, 0) is 6.42 Å². The highest BCUT2D eigenvalue weighted by Crippen LogP contribution is 2.12. The molecule has 0 aliphatic rings. The fourth-order valence-electron chi connectivity index (χ4n) is 1.35. The van der Waals surface area contributed by atoms with E-state index in [0.717, 1.165) is 11.1 Å². The average Bonchev–Trinajstić information content (AvgIpc) is 2.03. The summed E-state index contributed by atoms with van der Waals surface area (Å²) in [6, 6.07) is 5.94. The van der Waals surface area contributed by atoms with Crippen molar-refractivity contribution in [2.75, 3.05) is 0 Å². The van der Waals surface area contributed by atoms with E-state index in [1.165, 1.54) is 5.56 Å². The summed E-state index contributed by atoms with van der Waals surface area (Å²) < 4.78 is 0. The van der Waals surface area contributed by atoms with Crippen LogP contribution in [0.1, 0.15) is 23.6 Å². The Morgan fingerprint density at radius 1 is 1.54 bits per heavy atom. The Balaban J connectivity index is 3.03. The molecule has 0 fully saturated rings. The van der Waals surface area contributed by atoms with Gasteiger partial charge in [0.1, 0.15) is 0 Å². The lowest BCUT2D eigenvalue weighted by Crippen LogP contribution is -2.06. The van der Waals surface area contributed by atoms with Crippen molar-refractivity contribution in [1.29, 1.82) is 0 Å². The second kappa shape index (κ2) is 4.11. The average molecular weight is 174 g/mol. The Labute approximate surface area is 79.4 Å². The summed E-state index contributed by atoms with van der Waals surface area (Å²) in [7, 11) is 0. The molecule has 0 amide bonds. The van der Waals surface area contributed by atoms with Crippen molar-refractivity contribution >= 4 is 0 Å². The predicted molar refractivity (Wildman–Crippen MR) is 54.5 cm³/mol. The Morgan fingerprint density at radius 3 is 2.77 bits per heavy atom. The van der Waals surface area contributed by atoms with Crippen molar-refractivity contribution in [1.82, 2.24) is 0 Å². The summed E-state index contributed by atoms with van der Waals surface area (Å²) in [5.41, 5.74) is 3.11. The highest BCUT2D eigenvalue weighted by atomic mass is 16.3. The molecule has 1 rings (SSSR count). The third kappa shape index (κ3) is 2.61. The number of terminal acetylenes is 1. The molecule has 0 spiro atoms. The number of aryl methyl sites for hydroxylation is 1. The first-order chi connectivity index (χ1) is 6.13. The van der Waals surface area contributed by atoms with Crippen molar-refractivity contribution in [3.8, 4) is 12.3 Å². The minimum Gasteiger partial charge on any atom is -0.393 e. The van der Waals surface area contributed by atoms with Gasteiger partial charge in [0, 0.05) is 5.56 Å². The first kappa shape index (κ1) is 9.83. The van der Waals surface area contributed by atoms with E-state index in [1.54, 1.807) is 6.92 Å². The van der Waals surface area contributed by atoms with Crippen molar-refractivity contribution in [3.63, 3.8) is 0 Å². The molecule has 1 nitrogen and oxygen atoms in total. The van der Waals surface area contributed by atoms with Gasteiger partial charge in [-0.2, -0.15) is 0 Å². The first-order valence-corrected chi connectivity index (χ1v) is 4.37. The quantitative estimate of drug-likeness (QED) is 0.679. The minimum atomic E-state index is -0.339. The number of rotatable bonds is 2. The van der Waals surface area contributed by atoms with Crippen molar-refractivity contribution in [3.05, 3.63) is 34.9 Å². The Kier molecular flexibility index (Phi) is 3.11. The van der Waals surface area contributed by atoms with Crippen LogP contribution in [0.3, 0.4) is 0 Å². The molecule has 0 heterocycles. The van der Waals surface area contributed by atoms with Gasteiger partial charge in [0.25, 0.3) is 0 Å². The van der Waals surface area contributed by atoms with E-state index in [2.05, 4.69) is 5.92 Å². The normalized spacial score (nSPS) is 12.2. The Bertz CT molecular complexity index is 331. The van der Waals surface area contributed by atoms with Crippen LogP contribution in [-0.4, -0.2) is 11.2 Å². The molecular formula is C12H14O. The van der Waals surface area contributed by atoms with Crippen molar-refractivity contribution in [2.45, 2.75) is 26.4 Å². The molecule has 1 heteroatoms. The number of aliphatic hydroxyl groups is 1. The van der Waals surface area contributed by atoms with E-state index < -0.39 is 0 Å². The van der Waals surface area contributed by atoms with Gasteiger partial charge in [-0.05, 0) is 31.9 Å². The second-order valence-electron chi connectivity index (χ2n) is 3.36. The SMILES string of the molecule is C#Cc1ccc(C)cc1CC(C)O. The van der Waals surface area contributed by atoms with Crippen molar-refractivity contribution in [2.24, 2.45) is 0 Å². The van der Waals surface area contributed by atoms with Crippen molar-refractivity contribution < 1.29 is 5.11 Å². The summed E-state index contributed by atoms with van der Waals surface area (Å²) in [5.74, 6) is 2.62. The molecule has 0 saturated carbocycles. The smallest absolute Gasteiger partial charge is 0.0552 e. The molecule has 0 saturated heterocycles. The number of hydrogen-bond donors (Lipinski definition) is 1. The molecule has 1 aromatic rings. The van der Waals surface area contributed by atoms with Gasteiger partial charge < -0.3 is 5.11 Å². The van der Waals surface area contributed by atoms with E-state index in [1.807, 2.05) is 25.1 Å². The minimum absolute atomic E-state index is 0.339. The summed E-state index contributed by atoms with van der Waals surface area (Å²) in [5, 5.41) is 9.25. The van der Waals surface area contributed by atoms with Crippen LogP contribution >= 0.6 is 0 Å². The lowest BCUT2D eigenvalue weighted by Gasteiger charge is -2.07. The van der Waals surface area contributed by atoms with E-state index in [9.17, 15) is 5.11 Å². The molecule has 1 atom stereocenters. The van der Waals surface area contributed by atoms with Crippen LogP contribution in [0.15, 0.2) is 18.2 Å². The molecule has 1 N–H and O–H groups in total. The number of hydrogen-bond acceptors (Lipinski definition) is 1. The van der Waals surface area contributed by atoms with Gasteiger partial charge >= 0.3 is 0 Å². The lowest BCUT2D eigenvalue weighted by atomic mass is 10.0. The fourth-order valence-corrected chi connectivity index (χ4v) is 1.35. The zero-order valence-electron chi connectivity index (χ0n) is 8.04. The maximum atomic E-state index is 9.25. The maximum absolute atomic E-state index is 9.25. The van der Waals surface area contributed by atoms with Crippen LogP contribution in [0.5, 0.6) is 0 Å². The highest BCUT2D eigenvalue weighted by molar-refractivity contribution is 5.42. The van der Waals surface area contributed by atoms with Gasteiger partial charge in [0.15, 0.2) is 0 Å². The predicted octanol–water partition coefficient (Wildman–Crippen LogP) is 1.90. The van der Waals surface area contributed by atoms with Crippen LogP contribution in [0.25, 0.3) is 0 Å². The largest absolute Gasteiger partial charge is 0.393 e. The third-order valence-electron chi connectivity index (χ3n) is 1.93. The molecule has 1 unspecified atom stereocenters. The van der Waals surface area contributed by atoms with Crippen LogP contribution in [0.4, 0.5) is 0 Å². The highest BCUT2D eigenvalue weighted by Gasteiger charge is 2.03. The summed E-state index contributed by atoms with van der Waals surface area (Å²) in [4.78, 5) is 0. The zero-order valence-corrected chi connectivity index (χ0v) is 8.04. The molecule has 68 valence electrons. The maximum Gasteiger partial charge on any atom is 0.0552 e. The molecule has 1 aromatic carbocycles. The zero-order chi connectivity index (χ0) is 9.84. The van der Waals surface area contributed by atoms with Crippen LogP contribution in [0, 0.1) is 19.3 Å². The monoisotopic (exact) mass is 174 g/mol. The van der Waals surface area contributed by atoms with Gasteiger partial charge in [-0.1, -0.05) is 23.6 Å². The fraction of sp³-hybridized carbons (Fsp3) is 0.333. The third-order valence-corrected chi connectivity index (χ3v) is 1.93. The first-order valence-electron chi connectivity index (χ1n) is 4.37. The molecule has 0 aliphatic carbocycles. The van der Waals surface area contributed by atoms with E-state index in [-0.39, 0.29) is 6.10 Å². The standard InChI is InChI=1S/C12H14O/c1-4-11-6-5-9(2)7-12(11)8-10(3)13/h1,5-7,10,13H,8H2,2-3H3. The van der Waals surface area contributed by atoms with E-state index in [0.29, 0.717) is 6.42 Å². The topological polar surface area (TPSA) is 20.2 Å². The molecule has 0 aromatic heterocycles. The molecule has 0 bridgehead atoms. The van der Waals surface area contributed by atoms with Gasteiger partial charge in [-0.25, -0.2) is 0 Å². The molecular weight excluding hydrogens is 160 g/mol.